The minimum atomic E-state index is -0.715. The Labute approximate surface area is 289 Å². The van der Waals surface area contributed by atoms with E-state index in [-0.39, 0.29) is 18.2 Å². The predicted molar refractivity (Wildman–Crippen MR) is 185 cm³/mol. The molecule has 2 aromatic carbocycles. The van der Waals surface area contributed by atoms with Gasteiger partial charge in [0, 0.05) is 48.4 Å². The molecule has 1 atom stereocenters. The van der Waals surface area contributed by atoms with Gasteiger partial charge in [0.1, 0.15) is 6.04 Å². The van der Waals surface area contributed by atoms with Gasteiger partial charge in [0.05, 0.1) is 15.7 Å². The summed E-state index contributed by atoms with van der Waals surface area (Å²) < 4.78 is 0. The summed E-state index contributed by atoms with van der Waals surface area (Å²) in [5.74, 6) is -1.06. The van der Waals surface area contributed by atoms with E-state index in [1.807, 2.05) is 37.3 Å². The first-order valence-electron chi connectivity index (χ1n) is 12.7. The number of primary amides is 1. The molecule has 0 fully saturated rings. The van der Waals surface area contributed by atoms with Gasteiger partial charge in [-0.2, -0.15) is 5.10 Å². The number of aryl methyl sites for hydroxylation is 2. The van der Waals surface area contributed by atoms with E-state index in [4.69, 9.17) is 28.9 Å². The Kier molecular flexibility index (Phi) is 16.6. The number of aromatic amines is 1. The van der Waals surface area contributed by atoms with Crippen molar-refractivity contribution < 1.29 is 23.8 Å². The van der Waals surface area contributed by atoms with Crippen molar-refractivity contribution in [2.75, 3.05) is 12.4 Å². The number of rotatable bonds is 8. The molecule has 4 N–H and O–H groups in total. The third-order valence-electron chi connectivity index (χ3n) is 6.01. The second-order valence-corrected chi connectivity index (χ2v) is 21.7. The van der Waals surface area contributed by atoms with Crippen LogP contribution in [0, 0.1) is 6.92 Å². The molecule has 0 aliphatic heterocycles. The molecule has 0 saturated carbocycles. The van der Waals surface area contributed by atoms with E-state index in [1.54, 1.807) is 49.6 Å². The molecule has 1 unspecified atom stereocenters. The monoisotopic (exact) mass is 885 g/mol. The van der Waals surface area contributed by atoms with E-state index in [1.165, 1.54) is 11.9 Å². The number of benzene rings is 2. The molecule has 0 bridgehead atoms. The van der Waals surface area contributed by atoms with Crippen molar-refractivity contribution in [1.29, 1.82) is 0 Å². The minimum absolute atomic E-state index is 0.156. The Bertz CT molecular complexity index is 1490. The van der Waals surface area contributed by atoms with Gasteiger partial charge in [0.25, 0.3) is 5.91 Å². The summed E-state index contributed by atoms with van der Waals surface area (Å²) in [5, 5.41) is 11.2. The average Bonchev–Trinajstić information content (AvgIpc) is 3.48. The Morgan fingerprint density at radius 1 is 1.07 bits per heavy atom. The maximum atomic E-state index is 12.4. The van der Waals surface area contributed by atoms with E-state index in [9.17, 15) is 14.4 Å². The maximum absolute atomic E-state index is 12.4. The molecule has 0 saturated heterocycles. The molecule has 3 amide bonds. The van der Waals surface area contributed by atoms with Gasteiger partial charge in [0.15, 0.2) is 0 Å². The number of carbonyl (C=O) groups excluding carboxylic acids is 3. The standard InChI is InChI=1S/C22H24N6O3.C7H6Cl2.2HI.V/c1-14(21(23)30)28(2)22(31)15-5-7-17(8-6-15)25-20(29)10-9-18-12-19(27-26-18)16-4-3-11-24-13-16;1-5-2-3-6(8)7(9)4-5;;;/h3-8,11-14H,9-10H2,1-2H3,(H2,23,30)(H,25,29)(H,26,27);2-4H,1H3;2*1H;/q;;;;+2/p-2. The summed E-state index contributed by atoms with van der Waals surface area (Å²) in [6.07, 6.45) is 4.21. The fraction of sp³-hybridized carbons (Fsp3) is 0.207. The van der Waals surface area contributed by atoms with Crippen LogP contribution >= 0.6 is 63.2 Å². The molecule has 2 heterocycles. The van der Waals surface area contributed by atoms with Crippen molar-refractivity contribution in [1.82, 2.24) is 20.1 Å². The number of nitrogens with one attached hydrogen (secondary N) is 2. The van der Waals surface area contributed by atoms with Gasteiger partial charge < -0.3 is 16.0 Å². The Balaban J connectivity index is 0.000000449. The number of aromatic nitrogens is 3. The third-order valence-corrected chi connectivity index (χ3v) is 6.75. The summed E-state index contributed by atoms with van der Waals surface area (Å²) >= 11 is 16.1. The van der Waals surface area contributed by atoms with Crippen LogP contribution in [0.5, 0.6) is 0 Å². The van der Waals surface area contributed by atoms with Crippen LogP contribution in [-0.2, 0) is 25.5 Å². The molecule has 227 valence electrons. The Hall–Kier alpha value is -2.17. The van der Waals surface area contributed by atoms with Crippen molar-refractivity contribution >= 4 is 86.6 Å². The van der Waals surface area contributed by atoms with Gasteiger partial charge in [-0.15, -0.1) is 0 Å². The quantitative estimate of drug-likeness (QED) is 0.163. The van der Waals surface area contributed by atoms with Crippen LogP contribution in [0.25, 0.3) is 11.3 Å². The zero-order valence-corrected chi connectivity index (χ0v) is 30.7. The molecule has 0 aliphatic rings. The van der Waals surface area contributed by atoms with Gasteiger partial charge in [-0.1, -0.05) is 29.3 Å². The SMILES string of the molecule is CC(C(N)=O)N(C)C(=O)c1ccc(NC(=O)CCc2cc(-c3cccnc3)n[nH]2)cc1.Cc1ccc(Cl)c(Cl)c1.[I][V][I]. The van der Waals surface area contributed by atoms with Gasteiger partial charge >= 0.3 is 49.4 Å². The summed E-state index contributed by atoms with van der Waals surface area (Å²) in [6, 6.07) is 17.0. The number of hydrogen-bond donors (Lipinski definition) is 3. The molecule has 9 nitrogen and oxygen atoms in total. The van der Waals surface area contributed by atoms with Gasteiger partial charge in [-0.3, -0.25) is 24.5 Å². The predicted octanol–water partition coefficient (Wildman–Crippen LogP) is 7.06. The zero-order chi connectivity index (χ0) is 31.9. The molecule has 14 heteroatoms. The molecule has 0 aliphatic carbocycles. The summed E-state index contributed by atoms with van der Waals surface area (Å²) in [4.78, 5) is 41.3. The summed E-state index contributed by atoms with van der Waals surface area (Å²) in [7, 11) is 2.14. The molecule has 0 spiro atoms. The molecule has 0 radical (unpaired) electrons. The van der Waals surface area contributed by atoms with Crippen LogP contribution in [0.1, 0.15) is 35.0 Å². The van der Waals surface area contributed by atoms with Crippen LogP contribution in [-0.4, -0.2) is 50.9 Å². The van der Waals surface area contributed by atoms with Crippen LogP contribution in [0.2, 0.25) is 10.0 Å². The van der Waals surface area contributed by atoms with Gasteiger partial charge in [-0.05, 0) is 80.4 Å². The molecular weight excluding hydrogens is 856 g/mol. The van der Waals surface area contributed by atoms with Gasteiger partial charge in [0.2, 0.25) is 11.8 Å². The van der Waals surface area contributed by atoms with Crippen molar-refractivity contribution in [3.05, 3.63) is 99.9 Å². The first-order valence-corrected chi connectivity index (χ1v) is 22.5. The van der Waals surface area contributed by atoms with E-state index in [0.717, 1.165) is 22.5 Å². The van der Waals surface area contributed by atoms with Gasteiger partial charge in [-0.25, -0.2) is 0 Å². The molecule has 4 aromatic rings. The first-order chi connectivity index (χ1) is 20.5. The Morgan fingerprint density at radius 3 is 2.30 bits per heavy atom. The number of H-pyrrole nitrogens is 1. The molecule has 43 heavy (non-hydrogen) atoms. The third kappa shape index (κ3) is 12.8. The second-order valence-electron chi connectivity index (χ2n) is 9.12. The van der Waals surface area contributed by atoms with E-state index in [0.29, 0.717) is 37.2 Å². The Morgan fingerprint density at radius 2 is 1.74 bits per heavy atom. The number of nitrogens with two attached hydrogens (primary N) is 1. The van der Waals surface area contributed by atoms with E-state index < -0.39 is 11.9 Å². The van der Waals surface area contributed by atoms with Crippen molar-refractivity contribution in [3.8, 4) is 11.3 Å². The van der Waals surface area contributed by atoms with E-state index in [2.05, 4.69) is 60.5 Å². The van der Waals surface area contributed by atoms with Crippen molar-refractivity contribution in [2.24, 2.45) is 5.73 Å². The number of hydrogen-bond acceptors (Lipinski definition) is 5. The average molecular weight is 886 g/mol. The topological polar surface area (TPSA) is 134 Å². The number of halogens is 4. The second kappa shape index (κ2) is 19.3. The van der Waals surface area contributed by atoms with Crippen LogP contribution in [0.15, 0.2) is 73.1 Å². The van der Waals surface area contributed by atoms with E-state index >= 15 is 0 Å². The molecule has 2 aromatic heterocycles. The fourth-order valence-corrected chi connectivity index (χ4v) is 3.84. The normalized spacial score (nSPS) is 10.7. The van der Waals surface area contributed by atoms with Crippen LogP contribution in [0.4, 0.5) is 5.69 Å². The number of nitrogens with zero attached hydrogens (tertiary/aromatic N) is 3. The molecular formula is C29H30Cl2I2N6O3V. The number of carbonyl (C=O) groups is 3. The van der Waals surface area contributed by atoms with Crippen LogP contribution in [0.3, 0.4) is 0 Å². The summed E-state index contributed by atoms with van der Waals surface area (Å²) in [5.41, 5.74) is 9.88. The zero-order valence-electron chi connectivity index (χ0n) is 23.5. The first kappa shape index (κ1) is 37.0. The molecule has 4 rings (SSSR count). The number of pyridine rings is 1. The fourth-order valence-electron chi connectivity index (χ4n) is 3.49. The van der Waals surface area contributed by atoms with Crippen LogP contribution < -0.4 is 11.1 Å². The number of anilines is 1. The number of likely N-dealkylation sites (N-methyl/N-ethyl adjacent to an activating group) is 1. The summed E-state index contributed by atoms with van der Waals surface area (Å²) in [6.45, 7) is 3.54. The van der Waals surface area contributed by atoms with Crippen molar-refractivity contribution in [2.45, 2.75) is 32.7 Å². The number of amides is 3. The van der Waals surface area contributed by atoms with Crippen molar-refractivity contribution in [3.63, 3.8) is 0 Å².